The van der Waals surface area contributed by atoms with Crippen LogP contribution in [-0.4, -0.2) is 25.5 Å². The van der Waals surface area contributed by atoms with Gasteiger partial charge in [0.2, 0.25) is 5.91 Å². The Bertz CT molecular complexity index is 421. The van der Waals surface area contributed by atoms with Gasteiger partial charge in [0.15, 0.2) is 0 Å². The van der Waals surface area contributed by atoms with Crippen LogP contribution >= 0.6 is 0 Å². The third kappa shape index (κ3) is 2.77. The highest BCUT2D eigenvalue weighted by Gasteiger charge is 2.14. The molecular formula is C10H11FN2O3. The molecule has 1 rings (SSSR count). The van der Waals surface area contributed by atoms with Gasteiger partial charge in [0.25, 0.3) is 0 Å². The second kappa shape index (κ2) is 5.22. The average molecular weight is 226 g/mol. The Hall–Kier alpha value is -1.95. The van der Waals surface area contributed by atoms with Crippen molar-refractivity contribution in [2.45, 2.75) is 0 Å². The number of nitrogens with one attached hydrogen (secondary N) is 1. The number of ether oxygens (including phenoxy) is 1. The molecule has 0 aliphatic carbocycles. The van der Waals surface area contributed by atoms with Gasteiger partial charge in [-0.05, 0) is 18.2 Å². The quantitative estimate of drug-likeness (QED) is 0.736. The van der Waals surface area contributed by atoms with Crippen LogP contribution in [0.1, 0.15) is 10.4 Å². The zero-order chi connectivity index (χ0) is 12.1. The largest absolute Gasteiger partial charge is 0.465 e. The van der Waals surface area contributed by atoms with Crippen molar-refractivity contribution in [3.63, 3.8) is 0 Å². The van der Waals surface area contributed by atoms with Crippen LogP contribution in [0, 0.1) is 5.82 Å². The lowest BCUT2D eigenvalue weighted by Crippen LogP contribution is -2.23. The molecule has 1 aromatic rings. The van der Waals surface area contributed by atoms with Crippen molar-refractivity contribution < 1.29 is 18.7 Å². The van der Waals surface area contributed by atoms with E-state index in [2.05, 4.69) is 10.1 Å². The molecule has 16 heavy (non-hydrogen) atoms. The molecule has 6 heteroatoms. The summed E-state index contributed by atoms with van der Waals surface area (Å²) in [5.74, 6) is -1.80. The zero-order valence-electron chi connectivity index (χ0n) is 8.62. The molecule has 0 aliphatic heterocycles. The Morgan fingerprint density at radius 2 is 2.19 bits per heavy atom. The molecule has 86 valence electrons. The highest BCUT2D eigenvalue weighted by Crippen LogP contribution is 2.17. The van der Waals surface area contributed by atoms with Crippen LogP contribution in [-0.2, 0) is 9.53 Å². The molecule has 5 nitrogen and oxygen atoms in total. The van der Waals surface area contributed by atoms with Crippen molar-refractivity contribution in [3.8, 4) is 0 Å². The van der Waals surface area contributed by atoms with Gasteiger partial charge >= 0.3 is 5.97 Å². The molecule has 0 saturated carbocycles. The summed E-state index contributed by atoms with van der Waals surface area (Å²) in [4.78, 5) is 22.3. The number of halogens is 1. The number of amides is 1. The molecule has 0 atom stereocenters. The molecule has 1 amide bonds. The maximum Gasteiger partial charge on any atom is 0.340 e. The van der Waals surface area contributed by atoms with E-state index >= 15 is 0 Å². The summed E-state index contributed by atoms with van der Waals surface area (Å²) in [6.45, 7) is -0.224. The van der Waals surface area contributed by atoms with Crippen LogP contribution in [0.3, 0.4) is 0 Å². The van der Waals surface area contributed by atoms with Crippen molar-refractivity contribution in [3.05, 3.63) is 29.6 Å². The fourth-order valence-corrected chi connectivity index (χ4v) is 1.11. The summed E-state index contributed by atoms with van der Waals surface area (Å²) in [6.07, 6.45) is 0. The standard InChI is InChI=1S/C10H11FN2O3/c1-16-10(15)7-4-6(11)2-3-8(7)13-9(14)5-12/h2-4H,5,12H2,1H3,(H,13,14). The third-order valence-electron chi connectivity index (χ3n) is 1.85. The van der Waals surface area contributed by atoms with E-state index in [4.69, 9.17) is 5.73 Å². The minimum Gasteiger partial charge on any atom is -0.465 e. The van der Waals surface area contributed by atoms with E-state index in [0.29, 0.717) is 0 Å². The first-order valence-corrected chi connectivity index (χ1v) is 4.46. The molecule has 0 bridgehead atoms. The monoisotopic (exact) mass is 226 g/mol. The van der Waals surface area contributed by atoms with E-state index in [1.54, 1.807) is 0 Å². The van der Waals surface area contributed by atoms with Gasteiger partial charge in [-0.15, -0.1) is 0 Å². The number of anilines is 1. The highest BCUT2D eigenvalue weighted by molar-refractivity contribution is 6.01. The lowest BCUT2D eigenvalue weighted by Gasteiger charge is -2.08. The number of rotatable bonds is 3. The van der Waals surface area contributed by atoms with Crippen LogP contribution in [0.5, 0.6) is 0 Å². The Kier molecular flexibility index (Phi) is 3.96. The van der Waals surface area contributed by atoms with Gasteiger partial charge in [0.1, 0.15) is 5.82 Å². The van der Waals surface area contributed by atoms with E-state index in [1.807, 2.05) is 0 Å². The second-order valence-electron chi connectivity index (χ2n) is 2.93. The van der Waals surface area contributed by atoms with Crippen molar-refractivity contribution in [1.82, 2.24) is 0 Å². The lowest BCUT2D eigenvalue weighted by atomic mass is 10.1. The Morgan fingerprint density at radius 1 is 1.50 bits per heavy atom. The SMILES string of the molecule is COC(=O)c1cc(F)ccc1NC(=O)CN. The molecule has 0 aliphatic rings. The maximum absolute atomic E-state index is 12.9. The third-order valence-corrected chi connectivity index (χ3v) is 1.85. The normalized spacial score (nSPS) is 9.69. The molecule has 0 unspecified atom stereocenters. The first-order chi connectivity index (χ1) is 7.58. The first-order valence-electron chi connectivity index (χ1n) is 4.46. The molecule has 1 aromatic carbocycles. The number of nitrogens with two attached hydrogens (primary N) is 1. The molecular weight excluding hydrogens is 215 g/mol. The molecule has 0 spiro atoms. The number of hydrogen-bond acceptors (Lipinski definition) is 4. The van der Waals surface area contributed by atoms with E-state index in [0.717, 1.165) is 12.1 Å². The first kappa shape index (κ1) is 12.1. The topological polar surface area (TPSA) is 81.4 Å². The molecule has 0 saturated heterocycles. The predicted octanol–water partition coefficient (Wildman–Crippen LogP) is 0.510. The summed E-state index contributed by atoms with van der Waals surface area (Å²) in [5.41, 5.74) is 5.22. The molecule has 0 aromatic heterocycles. The number of esters is 1. The Morgan fingerprint density at radius 3 is 2.75 bits per heavy atom. The smallest absolute Gasteiger partial charge is 0.340 e. The van der Waals surface area contributed by atoms with E-state index in [1.165, 1.54) is 13.2 Å². The minimum absolute atomic E-state index is 0.0516. The van der Waals surface area contributed by atoms with E-state index in [-0.39, 0.29) is 17.8 Å². The minimum atomic E-state index is -0.730. The molecule has 0 fully saturated rings. The zero-order valence-corrected chi connectivity index (χ0v) is 8.62. The Labute approximate surface area is 91.4 Å². The fraction of sp³-hybridized carbons (Fsp3) is 0.200. The van der Waals surface area contributed by atoms with E-state index in [9.17, 15) is 14.0 Å². The van der Waals surface area contributed by atoms with Crippen LogP contribution in [0.2, 0.25) is 0 Å². The summed E-state index contributed by atoms with van der Waals surface area (Å²) < 4.78 is 17.4. The number of carbonyl (C=O) groups is 2. The van der Waals surface area contributed by atoms with Gasteiger partial charge in [-0.1, -0.05) is 0 Å². The molecule has 3 N–H and O–H groups in total. The van der Waals surface area contributed by atoms with Crippen LogP contribution < -0.4 is 11.1 Å². The van der Waals surface area contributed by atoms with E-state index < -0.39 is 17.7 Å². The number of carbonyl (C=O) groups excluding carboxylic acids is 2. The number of benzene rings is 1. The van der Waals surface area contributed by atoms with Gasteiger partial charge in [0, 0.05) is 0 Å². The van der Waals surface area contributed by atoms with Gasteiger partial charge in [-0.3, -0.25) is 4.79 Å². The maximum atomic E-state index is 12.9. The van der Waals surface area contributed by atoms with Crippen LogP contribution in [0.15, 0.2) is 18.2 Å². The lowest BCUT2D eigenvalue weighted by molar-refractivity contribution is -0.114. The number of hydrogen-bond donors (Lipinski definition) is 2. The predicted molar refractivity (Wildman–Crippen MR) is 55.4 cm³/mol. The van der Waals surface area contributed by atoms with Gasteiger partial charge in [0.05, 0.1) is 24.9 Å². The summed E-state index contributed by atoms with van der Waals surface area (Å²) in [6, 6.07) is 3.38. The Balaban J connectivity index is 3.07. The van der Waals surface area contributed by atoms with Crippen LogP contribution in [0.4, 0.5) is 10.1 Å². The van der Waals surface area contributed by atoms with Gasteiger partial charge < -0.3 is 15.8 Å². The molecule has 0 heterocycles. The summed E-state index contributed by atoms with van der Waals surface area (Å²) in [7, 11) is 1.17. The van der Waals surface area contributed by atoms with Crippen LogP contribution in [0.25, 0.3) is 0 Å². The highest BCUT2D eigenvalue weighted by atomic mass is 19.1. The average Bonchev–Trinajstić information content (AvgIpc) is 2.30. The van der Waals surface area contributed by atoms with Crippen molar-refractivity contribution in [2.75, 3.05) is 19.0 Å². The number of methoxy groups -OCH3 is 1. The fourth-order valence-electron chi connectivity index (χ4n) is 1.11. The van der Waals surface area contributed by atoms with Gasteiger partial charge in [-0.25, -0.2) is 9.18 Å². The van der Waals surface area contributed by atoms with Crippen molar-refractivity contribution in [2.24, 2.45) is 5.73 Å². The van der Waals surface area contributed by atoms with Gasteiger partial charge in [-0.2, -0.15) is 0 Å². The molecule has 0 radical (unpaired) electrons. The van der Waals surface area contributed by atoms with Crippen molar-refractivity contribution >= 4 is 17.6 Å². The summed E-state index contributed by atoms with van der Waals surface area (Å²) >= 11 is 0. The van der Waals surface area contributed by atoms with Crippen molar-refractivity contribution in [1.29, 1.82) is 0 Å². The second-order valence-corrected chi connectivity index (χ2v) is 2.93. The summed E-state index contributed by atoms with van der Waals surface area (Å²) in [5, 5.41) is 2.37.